The van der Waals surface area contributed by atoms with Gasteiger partial charge in [0.2, 0.25) is 0 Å². The molecule has 1 amide bonds. The molecule has 23 heavy (non-hydrogen) atoms. The SMILES string of the molecule is CCOc1cc(C=C(C#N)C(=O)NC2CCCC2)cc(Cl)c1O. The minimum Gasteiger partial charge on any atom is -0.503 e. The second-order valence-electron chi connectivity index (χ2n) is 5.41. The van der Waals surface area contributed by atoms with Crippen molar-refractivity contribution in [3.8, 4) is 17.6 Å². The van der Waals surface area contributed by atoms with Crippen molar-refractivity contribution in [1.82, 2.24) is 5.32 Å². The van der Waals surface area contributed by atoms with Crippen molar-refractivity contribution in [3.05, 3.63) is 28.3 Å². The average molecular weight is 335 g/mol. The number of nitrogens with one attached hydrogen (secondary N) is 1. The Kier molecular flexibility index (Phi) is 5.89. The van der Waals surface area contributed by atoms with Crippen LogP contribution in [0.5, 0.6) is 11.5 Å². The Labute approximate surface area is 140 Å². The summed E-state index contributed by atoms with van der Waals surface area (Å²) in [5, 5.41) is 22.0. The van der Waals surface area contributed by atoms with Crippen LogP contribution in [-0.2, 0) is 4.79 Å². The zero-order valence-electron chi connectivity index (χ0n) is 12.9. The van der Waals surface area contributed by atoms with Crippen molar-refractivity contribution >= 4 is 23.6 Å². The van der Waals surface area contributed by atoms with Crippen LogP contribution in [0.3, 0.4) is 0 Å². The third-order valence-corrected chi connectivity index (χ3v) is 4.01. The van der Waals surface area contributed by atoms with E-state index in [1.807, 2.05) is 6.07 Å². The standard InChI is InChI=1S/C17H19ClN2O3/c1-2-23-15-9-11(8-14(18)16(15)21)7-12(10-19)17(22)20-13-5-3-4-6-13/h7-9,13,21H,2-6H2,1H3,(H,20,22). The predicted molar refractivity (Wildman–Crippen MR) is 88.3 cm³/mol. The predicted octanol–water partition coefficient (Wildman–Crippen LogP) is 3.41. The summed E-state index contributed by atoms with van der Waals surface area (Å²) >= 11 is 5.96. The first-order valence-electron chi connectivity index (χ1n) is 7.63. The number of nitrogens with zero attached hydrogens (tertiary/aromatic N) is 1. The number of hydrogen-bond donors (Lipinski definition) is 2. The number of amides is 1. The summed E-state index contributed by atoms with van der Waals surface area (Å²) in [5.41, 5.74) is 0.524. The largest absolute Gasteiger partial charge is 0.503 e. The highest BCUT2D eigenvalue weighted by Crippen LogP contribution is 2.35. The number of hydrogen-bond acceptors (Lipinski definition) is 4. The van der Waals surface area contributed by atoms with E-state index in [4.69, 9.17) is 16.3 Å². The summed E-state index contributed by atoms with van der Waals surface area (Å²) in [4.78, 5) is 12.2. The molecule has 0 radical (unpaired) electrons. The van der Waals surface area contributed by atoms with Gasteiger partial charge in [0.05, 0.1) is 11.6 Å². The lowest BCUT2D eigenvalue weighted by molar-refractivity contribution is -0.117. The first-order valence-corrected chi connectivity index (χ1v) is 8.01. The molecule has 2 N–H and O–H groups in total. The van der Waals surface area contributed by atoms with Gasteiger partial charge in [-0.3, -0.25) is 4.79 Å². The second kappa shape index (κ2) is 7.89. The molecule has 1 aliphatic rings. The summed E-state index contributed by atoms with van der Waals surface area (Å²) in [6.07, 6.45) is 5.54. The highest BCUT2D eigenvalue weighted by molar-refractivity contribution is 6.32. The van der Waals surface area contributed by atoms with Crippen LogP contribution >= 0.6 is 11.6 Å². The Morgan fingerprint density at radius 1 is 1.52 bits per heavy atom. The van der Waals surface area contributed by atoms with Gasteiger partial charge < -0.3 is 15.2 Å². The maximum absolute atomic E-state index is 12.2. The highest BCUT2D eigenvalue weighted by Gasteiger charge is 2.19. The molecule has 0 unspecified atom stereocenters. The number of halogens is 1. The van der Waals surface area contributed by atoms with Crippen LogP contribution in [0, 0.1) is 11.3 Å². The molecule has 6 heteroatoms. The molecule has 1 aromatic rings. The van der Waals surface area contributed by atoms with Gasteiger partial charge in [-0.25, -0.2) is 0 Å². The monoisotopic (exact) mass is 334 g/mol. The number of nitriles is 1. The van der Waals surface area contributed by atoms with Gasteiger partial charge >= 0.3 is 0 Å². The fourth-order valence-corrected chi connectivity index (χ4v) is 2.81. The molecule has 122 valence electrons. The van der Waals surface area contributed by atoms with Gasteiger partial charge in [-0.05, 0) is 43.5 Å². The molecule has 0 atom stereocenters. The number of rotatable bonds is 5. The molecule has 5 nitrogen and oxygen atoms in total. The van der Waals surface area contributed by atoms with E-state index < -0.39 is 0 Å². The molecule has 2 rings (SSSR count). The molecule has 0 bridgehead atoms. The number of phenols is 1. The fourth-order valence-electron chi connectivity index (χ4n) is 2.59. The smallest absolute Gasteiger partial charge is 0.262 e. The average Bonchev–Trinajstić information content (AvgIpc) is 3.02. The lowest BCUT2D eigenvalue weighted by Gasteiger charge is -2.11. The van der Waals surface area contributed by atoms with E-state index in [0.717, 1.165) is 25.7 Å². The van der Waals surface area contributed by atoms with Gasteiger partial charge in [-0.1, -0.05) is 24.4 Å². The zero-order chi connectivity index (χ0) is 16.8. The third-order valence-electron chi connectivity index (χ3n) is 3.72. The van der Waals surface area contributed by atoms with Gasteiger partial charge in [0.15, 0.2) is 11.5 Å². The van der Waals surface area contributed by atoms with Crippen LogP contribution < -0.4 is 10.1 Å². The van der Waals surface area contributed by atoms with Crippen LogP contribution in [0.2, 0.25) is 5.02 Å². The van der Waals surface area contributed by atoms with Gasteiger partial charge in [0.1, 0.15) is 11.6 Å². The van der Waals surface area contributed by atoms with E-state index in [2.05, 4.69) is 5.32 Å². The summed E-state index contributed by atoms with van der Waals surface area (Å²) in [6, 6.07) is 5.09. The first-order chi connectivity index (χ1) is 11.0. The first kappa shape index (κ1) is 17.2. The normalized spacial score (nSPS) is 15.3. The molecule has 0 aliphatic heterocycles. The van der Waals surface area contributed by atoms with E-state index in [1.54, 1.807) is 13.0 Å². The summed E-state index contributed by atoms with van der Waals surface area (Å²) in [5.74, 6) is -0.319. The van der Waals surface area contributed by atoms with E-state index in [-0.39, 0.29) is 34.0 Å². The Morgan fingerprint density at radius 2 is 2.22 bits per heavy atom. The topological polar surface area (TPSA) is 82.3 Å². The Morgan fingerprint density at radius 3 is 2.83 bits per heavy atom. The molecule has 1 fully saturated rings. The van der Waals surface area contributed by atoms with Crippen molar-refractivity contribution in [2.24, 2.45) is 0 Å². The molecule has 0 spiro atoms. The van der Waals surface area contributed by atoms with Crippen molar-refractivity contribution in [2.45, 2.75) is 38.6 Å². The molecule has 1 saturated carbocycles. The molecule has 1 aromatic carbocycles. The van der Waals surface area contributed by atoms with Crippen molar-refractivity contribution < 1.29 is 14.6 Å². The maximum Gasteiger partial charge on any atom is 0.262 e. The quantitative estimate of drug-likeness (QED) is 0.638. The molecule has 0 aromatic heterocycles. The van der Waals surface area contributed by atoms with Crippen molar-refractivity contribution in [1.29, 1.82) is 5.26 Å². The summed E-state index contributed by atoms with van der Waals surface area (Å²) < 4.78 is 5.29. The van der Waals surface area contributed by atoms with Crippen LogP contribution in [0.15, 0.2) is 17.7 Å². The van der Waals surface area contributed by atoms with E-state index in [0.29, 0.717) is 12.2 Å². The maximum atomic E-state index is 12.2. The second-order valence-corrected chi connectivity index (χ2v) is 5.81. The van der Waals surface area contributed by atoms with Gasteiger partial charge in [0.25, 0.3) is 5.91 Å². The Bertz CT molecular complexity index is 659. The summed E-state index contributed by atoms with van der Waals surface area (Å²) in [7, 11) is 0. The fraction of sp³-hybridized carbons (Fsp3) is 0.412. The van der Waals surface area contributed by atoms with Crippen LogP contribution in [0.4, 0.5) is 0 Å². The van der Waals surface area contributed by atoms with E-state index in [1.165, 1.54) is 12.1 Å². The minimum absolute atomic E-state index is 0.00102. The number of ether oxygens (including phenoxy) is 1. The van der Waals surface area contributed by atoms with Crippen molar-refractivity contribution in [3.63, 3.8) is 0 Å². The van der Waals surface area contributed by atoms with Gasteiger partial charge in [-0.2, -0.15) is 5.26 Å². The van der Waals surface area contributed by atoms with Crippen LogP contribution in [0.25, 0.3) is 6.08 Å². The molecule has 0 heterocycles. The molecular weight excluding hydrogens is 316 g/mol. The summed E-state index contributed by atoms with van der Waals surface area (Å²) in [6.45, 7) is 2.15. The van der Waals surface area contributed by atoms with E-state index in [9.17, 15) is 15.2 Å². The number of aromatic hydroxyl groups is 1. The third kappa shape index (κ3) is 4.40. The molecular formula is C17H19ClN2O3. The minimum atomic E-state index is -0.387. The number of benzene rings is 1. The lowest BCUT2D eigenvalue weighted by atomic mass is 10.1. The number of carbonyl (C=O) groups is 1. The Balaban J connectivity index is 2.23. The van der Waals surface area contributed by atoms with E-state index >= 15 is 0 Å². The number of phenolic OH excluding ortho intramolecular Hbond substituents is 1. The van der Waals surface area contributed by atoms with Crippen LogP contribution in [0.1, 0.15) is 38.2 Å². The lowest BCUT2D eigenvalue weighted by Crippen LogP contribution is -2.33. The van der Waals surface area contributed by atoms with Crippen LogP contribution in [-0.4, -0.2) is 23.7 Å². The molecule has 1 aliphatic carbocycles. The zero-order valence-corrected chi connectivity index (χ0v) is 13.7. The van der Waals surface area contributed by atoms with Crippen molar-refractivity contribution in [2.75, 3.05) is 6.61 Å². The van der Waals surface area contributed by atoms with Gasteiger partial charge in [0, 0.05) is 6.04 Å². The Hall–Kier alpha value is -2.19. The molecule has 0 saturated heterocycles. The highest BCUT2D eigenvalue weighted by atomic mass is 35.5. The van der Waals surface area contributed by atoms with Gasteiger partial charge in [-0.15, -0.1) is 0 Å². The number of carbonyl (C=O) groups excluding carboxylic acids is 1.